The molecule has 0 amide bonds. The van der Waals surface area contributed by atoms with Gasteiger partial charge < -0.3 is 10.3 Å². The third-order valence-electron chi connectivity index (χ3n) is 2.74. The van der Waals surface area contributed by atoms with Crippen molar-refractivity contribution in [3.8, 4) is 11.4 Å². The minimum atomic E-state index is -4.68. The van der Waals surface area contributed by atoms with Crippen molar-refractivity contribution in [2.45, 2.75) is 25.6 Å². The number of aromatic nitrogens is 3. The predicted octanol–water partition coefficient (Wildman–Crippen LogP) is 2.18. The smallest absolute Gasteiger partial charge is 0.337 e. The highest BCUT2D eigenvalue weighted by Gasteiger charge is 2.53. The molecule has 2 rings (SSSR count). The van der Waals surface area contributed by atoms with Crippen LogP contribution in [0.15, 0.2) is 23.0 Å². The van der Waals surface area contributed by atoms with Crippen LogP contribution in [0.5, 0.6) is 0 Å². The fourth-order valence-electron chi connectivity index (χ4n) is 1.36. The molecule has 0 fully saturated rings. The molecule has 1 atom stereocenters. The van der Waals surface area contributed by atoms with E-state index in [1.54, 1.807) is 19.2 Å². The number of halogens is 3. The molecule has 102 valence electrons. The summed E-state index contributed by atoms with van der Waals surface area (Å²) in [6.45, 7) is 2.54. The van der Waals surface area contributed by atoms with E-state index >= 15 is 0 Å². The average Bonchev–Trinajstić information content (AvgIpc) is 2.77. The lowest BCUT2D eigenvalue weighted by Gasteiger charge is -2.22. The molecule has 2 heterocycles. The number of nitrogens with two attached hydrogens (primary N) is 1. The molecule has 19 heavy (non-hydrogen) atoms. The molecule has 2 aromatic heterocycles. The molecule has 5 nitrogen and oxygen atoms in total. The summed E-state index contributed by atoms with van der Waals surface area (Å²) >= 11 is 0. The van der Waals surface area contributed by atoms with Gasteiger partial charge in [-0.25, -0.2) is 0 Å². The number of nitrogens with zero attached hydrogens (tertiary/aromatic N) is 3. The van der Waals surface area contributed by atoms with Crippen LogP contribution in [0, 0.1) is 6.92 Å². The number of rotatable bonds is 2. The quantitative estimate of drug-likeness (QED) is 0.906. The molecule has 0 saturated carbocycles. The molecule has 2 N–H and O–H groups in total. The molecule has 0 aromatic carbocycles. The van der Waals surface area contributed by atoms with Crippen molar-refractivity contribution in [2.24, 2.45) is 5.73 Å². The Morgan fingerprint density at radius 3 is 2.58 bits per heavy atom. The van der Waals surface area contributed by atoms with Gasteiger partial charge in [-0.1, -0.05) is 5.16 Å². The molecule has 1 unspecified atom stereocenters. The summed E-state index contributed by atoms with van der Waals surface area (Å²) in [6.07, 6.45) is -1.67. The largest absolute Gasteiger partial charge is 0.415 e. The minimum absolute atomic E-state index is 0.0292. The van der Waals surface area contributed by atoms with E-state index in [4.69, 9.17) is 5.73 Å². The summed E-state index contributed by atoms with van der Waals surface area (Å²) in [5.74, 6) is -0.653. The summed E-state index contributed by atoms with van der Waals surface area (Å²) in [5.41, 5.74) is 3.79. The Morgan fingerprint density at radius 2 is 2.00 bits per heavy atom. The first-order valence-corrected chi connectivity index (χ1v) is 5.34. The Kier molecular flexibility index (Phi) is 3.05. The zero-order valence-electron chi connectivity index (χ0n) is 10.2. The Balaban J connectivity index is 2.43. The second-order valence-corrected chi connectivity index (χ2v) is 4.31. The Labute approximate surface area is 106 Å². The van der Waals surface area contributed by atoms with Gasteiger partial charge in [-0.3, -0.25) is 4.98 Å². The Bertz CT molecular complexity index is 592. The summed E-state index contributed by atoms with van der Waals surface area (Å²) in [5, 5.41) is 3.52. The maximum atomic E-state index is 12.7. The zero-order chi connectivity index (χ0) is 14.3. The van der Waals surface area contributed by atoms with Crippen LogP contribution in [0.4, 0.5) is 13.2 Å². The first-order valence-electron chi connectivity index (χ1n) is 5.34. The number of alkyl halides is 3. The number of hydrogen-bond acceptors (Lipinski definition) is 5. The van der Waals surface area contributed by atoms with Gasteiger partial charge in [-0.2, -0.15) is 18.2 Å². The normalized spacial score (nSPS) is 15.3. The molecule has 8 heteroatoms. The standard InChI is InChI=1S/C11H11F3N4O/c1-6-3-4-16-5-7(6)8-17-9(19-18-8)10(2,15)11(12,13)14/h3-5H,15H2,1-2H3. The van der Waals surface area contributed by atoms with Crippen LogP contribution in [-0.2, 0) is 5.54 Å². The summed E-state index contributed by atoms with van der Waals surface area (Å²) in [7, 11) is 0. The first-order chi connectivity index (χ1) is 8.73. The van der Waals surface area contributed by atoms with Crippen LogP contribution in [0.3, 0.4) is 0 Å². The molecule has 0 aliphatic heterocycles. The van der Waals surface area contributed by atoms with E-state index in [1.165, 1.54) is 6.20 Å². The predicted molar refractivity (Wildman–Crippen MR) is 59.9 cm³/mol. The number of pyridine rings is 1. The molecular formula is C11H11F3N4O. The van der Waals surface area contributed by atoms with E-state index in [2.05, 4.69) is 19.6 Å². The summed E-state index contributed by atoms with van der Waals surface area (Å²) < 4.78 is 42.9. The maximum absolute atomic E-state index is 12.7. The highest BCUT2D eigenvalue weighted by Crippen LogP contribution is 2.36. The highest BCUT2D eigenvalue weighted by atomic mass is 19.4. The zero-order valence-corrected chi connectivity index (χ0v) is 10.2. The molecule has 0 radical (unpaired) electrons. The second-order valence-electron chi connectivity index (χ2n) is 4.31. The van der Waals surface area contributed by atoms with Gasteiger partial charge in [0.15, 0.2) is 5.54 Å². The van der Waals surface area contributed by atoms with Gasteiger partial charge in [0.1, 0.15) is 0 Å². The first kappa shape index (κ1) is 13.5. The van der Waals surface area contributed by atoms with Crippen molar-refractivity contribution >= 4 is 0 Å². The third kappa shape index (κ3) is 2.30. The van der Waals surface area contributed by atoms with Crippen LogP contribution in [-0.4, -0.2) is 21.3 Å². The maximum Gasteiger partial charge on any atom is 0.415 e. The van der Waals surface area contributed by atoms with Crippen LogP contribution in [0.2, 0.25) is 0 Å². The van der Waals surface area contributed by atoms with Gasteiger partial charge in [0.2, 0.25) is 5.82 Å². The second kappa shape index (κ2) is 4.30. The monoisotopic (exact) mass is 272 g/mol. The van der Waals surface area contributed by atoms with Gasteiger partial charge in [-0.15, -0.1) is 0 Å². The fraction of sp³-hybridized carbons (Fsp3) is 0.364. The van der Waals surface area contributed by atoms with E-state index < -0.39 is 17.6 Å². The van der Waals surface area contributed by atoms with E-state index in [0.717, 1.165) is 12.5 Å². The number of aryl methyl sites for hydroxylation is 1. The third-order valence-corrected chi connectivity index (χ3v) is 2.74. The van der Waals surface area contributed by atoms with E-state index in [1.807, 2.05) is 0 Å². The number of hydrogen-bond donors (Lipinski definition) is 1. The fourth-order valence-corrected chi connectivity index (χ4v) is 1.36. The minimum Gasteiger partial charge on any atom is -0.337 e. The molecular weight excluding hydrogens is 261 g/mol. The lowest BCUT2D eigenvalue weighted by atomic mass is 10.0. The summed E-state index contributed by atoms with van der Waals surface area (Å²) in [6, 6.07) is 1.69. The van der Waals surface area contributed by atoms with Crippen LogP contribution in [0.1, 0.15) is 18.4 Å². The van der Waals surface area contributed by atoms with E-state index in [9.17, 15) is 13.2 Å². The molecule has 0 bridgehead atoms. The van der Waals surface area contributed by atoms with Crippen molar-refractivity contribution in [2.75, 3.05) is 0 Å². The topological polar surface area (TPSA) is 77.8 Å². The molecule has 0 saturated heterocycles. The molecule has 0 spiro atoms. The Morgan fingerprint density at radius 1 is 1.32 bits per heavy atom. The molecule has 0 aliphatic carbocycles. The lowest BCUT2D eigenvalue weighted by Crippen LogP contribution is -2.47. The van der Waals surface area contributed by atoms with Gasteiger partial charge in [0.05, 0.1) is 0 Å². The van der Waals surface area contributed by atoms with Crippen molar-refractivity contribution in [3.63, 3.8) is 0 Å². The van der Waals surface area contributed by atoms with Crippen LogP contribution < -0.4 is 5.73 Å². The van der Waals surface area contributed by atoms with Gasteiger partial charge in [0.25, 0.3) is 5.89 Å². The molecule has 2 aromatic rings. The van der Waals surface area contributed by atoms with Crippen molar-refractivity contribution in [1.82, 2.24) is 15.1 Å². The SMILES string of the molecule is Cc1ccncc1-c1noc(C(C)(N)C(F)(F)F)n1. The highest BCUT2D eigenvalue weighted by molar-refractivity contribution is 5.57. The van der Waals surface area contributed by atoms with E-state index in [-0.39, 0.29) is 5.82 Å². The summed E-state index contributed by atoms with van der Waals surface area (Å²) in [4.78, 5) is 7.58. The lowest BCUT2D eigenvalue weighted by molar-refractivity contribution is -0.190. The van der Waals surface area contributed by atoms with Crippen LogP contribution >= 0.6 is 0 Å². The van der Waals surface area contributed by atoms with Gasteiger partial charge >= 0.3 is 6.18 Å². The van der Waals surface area contributed by atoms with E-state index in [0.29, 0.717) is 5.56 Å². The van der Waals surface area contributed by atoms with Crippen molar-refractivity contribution in [1.29, 1.82) is 0 Å². The average molecular weight is 272 g/mol. The van der Waals surface area contributed by atoms with Gasteiger partial charge in [0, 0.05) is 18.0 Å². The molecule has 0 aliphatic rings. The Hall–Kier alpha value is -1.96. The van der Waals surface area contributed by atoms with Crippen molar-refractivity contribution < 1.29 is 17.7 Å². The van der Waals surface area contributed by atoms with Gasteiger partial charge in [-0.05, 0) is 25.5 Å². The van der Waals surface area contributed by atoms with Crippen molar-refractivity contribution in [3.05, 3.63) is 29.9 Å². The van der Waals surface area contributed by atoms with Crippen LogP contribution in [0.25, 0.3) is 11.4 Å².